The van der Waals surface area contributed by atoms with Gasteiger partial charge in [-0.25, -0.2) is 9.97 Å². The Bertz CT molecular complexity index is 518. The first-order valence-electron chi connectivity index (χ1n) is 6.06. The van der Waals surface area contributed by atoms with Crippen LogP contribution in [0.15, 0.2) is 24.8 Å². The van der Waals surface area contributed by atoms with Crippen LogP contribution in [0.5, 0.6) is 0 Å². The third-order valence-corrected chi connectivity index (χ3v) is 3.17. The van der Waals surface area contributed by atoms with E-state index in [1.54, 1.807) is 6.20 Å². The van der Waals surface area contributed by atoms with Gasteiger partial charge in [0.1, 0.15) is 11.6 Å². The quantitative estimate of drug-likeness (QED) is 0.862. The fraction of sp³-hybridized carbons (Fsp3) is 0.417. The van der Waals surface area contributed by atoms with E-state index in [4.69, 9.17) is 0 Å². The van der Waals surface area contributed by atoms with Crippen LogP contribution in [-0.2, 0) is 19.6 Å². The zero-order chi connectivity index (χ0) is 12.4. The highest BCUT2D eigenvalue weighted by atomic mass is 15.2. The zero-order valence-electron chi connectivity index (χ0n) is 10.4. The molecule has 3 heterocycles. The first kappa shape index (κ1) is 11.2. The smallest absolute Gasteiger partial charge is 0.144 e. The molecule has 0 bridgehead atoms. The maximum Gasteiger partial charge on any atom is 0.144 e. The first-order valence-corrected chi connectivity index (χ1v) is 6.06. The number of fused-ring (bicyclic) bond motifs is 1. The summed E-state index contributed by atoms with van der Waals surface area (Å²) in [6.45, 7) is 3.72. The van der Waals surface area contributed by atoms with Gasteiger partial charge in [0, 0.05) is 39.1 Å². The summed E-state index contributed by atoms with van der Waals surface area (Å²) in [5.41, 5.74) is 0.994. The first-order chi connectivity index (χ1) is 8.85. The van der Waals surface area contributed by atoms with Crippen LogP contribution < -0.4 is 5.32 Å². The second kappa shape index (κ2) is 4.73. The molecule has 1 N–H and O–H groups in total. The molecule has 0 spiro atoms. The van der Waals surface area contributed by atoms with Gasteiger partial charge in [-0.3, -0.25) is 9.88 Å². The highest BCUT2D eigenvalue weighted by Gasteiger charge is 2.16. The van der Waals surface area contributed by atoms with Gasteiger partial charge in [-0.05, 0) is 0 Å². The maximum absolute atomic E-state index is 4.39. The molecule has 0 saturated carbocycles. The molecule has 0 fully saturated rings. The lowest BCUT2D eigenvalue weighted by atomic mass is 10.3. The number of nitrogens with one attached hydrogen (secondary N) is 1. The number of rotatable bonds is 3. The van der Waals surface area contributed by atoms with E-state index in [0.29, 0.717) is 0 Å². The van der Waals surface area contributed by atoms with Crippen LogP contribution in [0.2, 0.25) is 0 Å². The van der Waals surface area contributed by atoms with E-state index in [-0.39, 0.29) is 0 Å². The van der Waals surface area contributed by atoms with Crippen molar-refractivity contribution >= 4 is 5.82 Å². The van der Waals surface area contributed by atoms with Gasteiger partial charge < -0.3 is 9.88 Å². The van der Waals surface area contributed by atoms with Crippen molar-refractivity contribution < 1.29 is 0 Å². The van der Waals surface area contributed by atoms with Crippen molar-refractivity contribution in [2.24, 2.45) is 0 Å². The predicted molar refractivity (Wildman–Crippen MR) is 67.9 cm³/mol. The summed E-state index contributed by atoms with van der Waals surface area (Å²) in [4.78, 5) is 15.4. The number of hydrogen-bond acceptors (Lipinski definition) is 5. The summed E-state index contributed by atoms with van der Waals surface area (Å²) >= 11 is 0. The van der Waals surface area contributed by atoms with E-state index in [2.05, 4.69) is 29.7 Å². The largest absolute Gasteiger partial charge is 0.372 e. The molecular formula is C12H16N6. The van der Waals surface area contributed by atoms with E-state index < -0.39 is 0 Å². The number of nitrogens with zero attached hydrogens (tertiary/aromatic N) is 5. The average Bonchev–Trinajstić information content (AvgIpc) is 2.87. The van der Waals surface area contributed by atoms with Gasteiger partial charge in [-0.2, -0.15) is 0 Å². The Hall–Kier alpha value is -1.95. The molecule has 18 heavy (non-hydrogen) atoms. The number of anilines is 1. The lowest BCUT2D eigenvalue weighted by Crippen LogP contribution is -2.33. The van der Waals surface area contributed by atoms with Crippen molar-refractivity contribution in [2.75, 3.05) is 18.9 Å². The number of aromatic nitrogens is 4. The molecule has 6 nitrogen and oxygen atoms in total. The molecule has 0 unspecified atom stereocenters. The van der Waals surface area contributed by atoms with Crippen molar-refractivity contribution in [1.82, 2.24) is 24.4 Å². The average molecular weight is 244 g/mol. The third kappa shape index (κ3) is 2.19. The Morgan fingerprint density at radius 3 is 2.94 bits per heavy atom. The number of imidazole rings is 1. The third-order valence-electron chi connectivity index (χ3n) is 3.17. The normalized spacial score (nSPS) is 15.4. The van der Waals surface area contributed by atoms with Crippen molar-refractivity contribution in [3.8, 4) is 0 Å². The summed E-state index contributed by atoms with van der Waals surface area (Å²) < 4.78 is 2.20. The zero-order valence-corrected chi connectivity index (χ0v) is 10.4. The van der Waals surface area contributed by atoms with E-state index in [1.807, 2.05) is 25.6 Å². The van der Waals surface area contributed by atoms with Crippen LogP contribution in [-0.4, -0.2) is 38.0 Å². The SMILES string of the molecule is CNc1cnc(CN2CCn3ccnc3C2)cn1. The van der Waals surface area contributed by atoms with Crippen molar-refractivity contribution in [3.05, 3.63) is 36.3 Å². The van der Waals surface area contributed by atoms with Crippen LogP contribution in [0.1, 0.15) is 11.5 Å². The van der Waals surface area contributed by atoms with E-state index in [9.17, 15) is 0 Å². The molecule has 0 amide bonds. The molecule has 0 saturated heterocycles. The van der Waals surface area contributed by atoms with Crippen LogP contribution in [0.4, 0.5) is 5.82 Å². The monoisotopic (exact) mass is 244 g/mol. The van der Waals surface area contributed by atoms with Gasteiger partial charge >= 0.3 is 0 Å². The molecule has 0 radical (unpaired) electrons. The maximum atomic E-state index is 4.39. The molecular weight excluding hydrogens is 228 g/mol. The summed E-state index contributed by atoms with van der Waals surface area (Å²) in [5, 5.41) is 2.97. The van der Waals surface area contributed by atoms with Crippen LogP contribution in [0, 0.1) is 0 Å². The molecule has 0 aliphatic carbocycles. The molecule has 6 heteroatoms. The van der Waals surface area contributed by atoms with Crippen LogP contribution in [0.25, 0.3) is 0 Å². The van der Waals surface area contributed by atoms with E-state index >= 15 is 0 Å². The molecule has 2 aromatic heterocycles. The Morgan fingerprint density at radius 1 is 1.22 bits per heavy atom. The summed E-state index contributed by atoms with van der Waals surface area (Å²) in [5.74, 6) is 1.92. The highest BCUT2D eigenvalue weighted by Crippen LogP contribution is 2.12. The fourth-order valence-electron chi connectivity index (χ4n) is 2.15. The van der Waals surface area contributed by atoms with Crippen LogP contribution >= 0.6 is 0 Å². The lowest BCUT2D eigenvalue weighted by Gasteiger charge is -2.26. The summed E-state index contributed by atoms with van der Waals surface area (Å²) in [6.07, 6.45) is 7.49. The molecule has 2 aromatic rings. The van der Waals surface area contributed by atoms with Crippen LogP contribution in [0.3, 0.4) is 0 Å². The highest BCUT2D eigenvalue weighted by molar-refractivity contribution is 5.29. The molecule has 3 rings (SSSR count). The van der Waals surface area contributed by atoms with Crippen molar-refractivity contribution in [3.63, 3.8) is 0 Å². The second-order valence-corrected chi connectivity index (χ2v) is 4.39. The van der Waals surface area contributed by atoms with Gasteiger partial charge in [-0.15, -0.1) is 0 Å². The minimum Gasteiger partial charge on any atom is -0.372 e. The van der Waals surface area contributed by atoms with Crippen molar-refractivity contribution in [1.29, 1.82) is 0 Å². The Kier molecular flexibility index (Phi) is 2.93. The Balaban J connectivity index is 1.67. The topological polar surface area (TPSA) is 58.9 Å². The summed E-state index contributed by atoms with van der Waals surface area (Å²) in [7, 11) is 1.84. The fourth-order valence-corrected chi connectivity index (χ4v) is 2.15. The lowest BCUT2D eigenvalue weighted by molar-refractivity contribution is 0.206. The molecule has 94 valence electrons. The minimum absolute atomic E-state index is 0.799. The molecule has 0 atom stereocenters. The minimum atomic E-state index is 0.799. The van der Waals surface area contributed by atoms with Gasteiger partial charge in [0.15, 0.2) is 0 Å². The van der Waals surface area contributed by atoms with Gasteiger partial charge in [0.05, 0.1) is 24.6 Å². The number of hydrogen-bond donors (Lipinski definition) is 1. The summed E-state index contributed by atoms with van der Waals surface area (Å²) in [6, 6.07) is 0. The van der Waals surface area contributed by atoms with Gasteiger partial charge in [-0.1, -0.05) is 0 Å². The Labute approximate surface area is 106 Å². The van der Waals surface area contributed by atoms with E-state index in [1.165, 1.54) is 0 Å². The Morgan fingerprint density at radius 2 is 2.17 bits per heavy atom. The van der Waals surface area contributed by atoms with Crippen molar-refractivity contribution in [2.45, 2.75) is 19.6 Å². The second-order valence-electron chi connectivity index (χ2n) is 4.39. The van der Waals surface area contributed by atoms with Gasteiger partial charge in [0.25, 0.3) is 0 Å². The molecule has 0 aromatic carbocycles. The standard InChI is InChI=1S/C12H16N6/c1-13-11-7-15-10(6-16-11)8-17-4-5-18-3-2-14-12(18)9-17/h2-3,6-7H,4-5,8-9H2,1H3,(H,13,16). The predicted octanol–water partition coefficient (Wildman–Crippen LogP) is 0.731. The molecule has 1 aliphatic rings. The van der Waals surface area contributed by atoms with E-state index in [0.717, 1.165) is 43.5 Å². The van der Waals surface area contributed by atoms with Gasteiger partial charge in [0.2, 0.25) is 0 Å². The molecule has 1 aliphatic heterocycles.